The van der Waals surface area contributed by atoms with Gasteiger partial charge in [-0.05, 0) is 81.4 Å². The van der Waals surface area contributed by atoms with Crippen LogP contribution in [0, 0.1) is 0 Å². The number of para-hydroxylation sites is 7. The SMILES string of the molecule is c1ccc(N2c3ccccc3N(c3ccc([Si](c4ccccc4)(c4ccccc4)c4ccccc4)cc3)c3ccccc3-n3c4ccccc4c4cccc2c43)cc1. The maximum atomic E-state index is 2.48. The second kappa shape index (κ2) is 14.0. The third-order valence-corrected chi connectivity index (χ3v) is 16.6. The van der Waals surface area contributed by atoms with E-state index >= 15 is 0 Å². The minimum atomic E-state index is -2.72. The Balaban J connectivity index is 1.21. The number of fused-ring (bicyclic) bond motifs is 6. The van der Waals surface area contributed by atoms with E-state index in [1.807, 2.05) is 0 Å². The van der Waals surface area contributed by atoms with E-state index in [0.29, 0.717) is 0 Å². The fraction of sp³-hybridized carbons (Fsp3) is 0. The Morgan fingerprint density at radius 3 is 1.21 bits per heavy atom. The lowest BCUT2D eigenvalue weighted by Gasteiger charge is -2.35. The van der Waals surface area contributed by atoms with Gasteiger partial charge in [-0.15, -0.1) is 0 Å². The molecule has 2 heterocycles. The highest BCUT2D eigenvalue weighted by molar-refractivity contribution is 7.19. The first-order chi connectivity index (χ1) is 28.8. The summed E-state index contributed by atoms with van der Waals surface area (Å²) in [7, 11) is -2.72. The van der Waals surface area contributed by atoms with Crippen LogP contribution in [0.1, 0.15) is 0 Å². The number of nitrogens with zero attached hydrogens (tertiary/aromatic N) is 3. The van der Waals surface area contributed by atoms with E-state index in [4.69, 9.17) is 0 Å². The van der Waals surface area contributed by atoms with E-state index in [0.717, 1.165) is 39.8 Å². The van der Waals surface area contributed by atoms with Gasteiger partial charge in [0, 0.05) is 22.1 Å². The lowest BCUT2D eigenvalue weighted by molar-refractivity contribution is 1.15. The monoisotopic (exact) mass is 757 g/mol. The van der Waals surface area contributed by atoms with Crippen LogP contribution in [0.3, 0.4) is 0 Å². The largest absolute Gasteiger partial charge is 0.306 e. The van der Waals surface area contributed by atoms with Gasteiger partial charge in [0.15, 0.2) is 8.07 Å². The zero-order chi connectivity index (χ0) is 38.5. The van der Waals surface area contributed by atoms with Crippen molar-refractivity contribution < 1.29 is 0 Å². The van der Waals surface area contributed by atoms with Crippen LogP contribution in [-0.4, -0.2) is 12.6 Å². The lowest BCUT2D eigenvalue weighted by Crippen LogP contribution is -2.74. The molecule has 0 saturated carbocycles. The first-order valence-electron chi connectivity index (χ1n) is 20.0. The quantitative estimate of drug-likeness (QED) is 0.124. The van der Waals surface area contributed by atoms with Crippen molar-refractivity contribution >= 4 is 84.8 Å². The van der Waals surface area contributed by atoms with Crippen molar-refractivity contribution in [1.29, 1.82) is 0 Å². The lowest BCUT2D eigenvalue weighted by atomic mass is 10.1. The minimum absolute atomic E-state index is 1.09. The molecule has 10 aromatic rings. The van der Waals surface area contributed by atoms with Crippen LogP contribution >= 0.6 is 0 Å². The molecule has 1 aliphatic heterocycles. The second-order valence-corrected chi connectivity index (χ2v) is 18.7. The van der Waals surface area contributed by atoms with E-state index in [9.17, 15) is 0 Å². The number of rotatable bonds is 6. The highest BCUT2D eigenvalue weighted by Crippen LogP contribution is 2.51. The van der Waals surface area contributed by atoms with Gasteiger partial charge in [0.05, 0.1) is 39.5 Å². The summed E-state index contributed by atoms with van der Waals surface area (Å²) in [6.07, 6.45) is 0. The molecule has 0 spiro atoms. The van der Waals surface area contributed by atoms with Gasteiger partial charge in [0.1, 0.15) is 0 Å². The van der Waals surface area contributed by atoms with Gasteiger partial charge in [0.25, 0.3) is 0 Å². The average Bonchev–Trinajstić information content (AvgIpc) is 3.66. The normalized spacial score (nSPS) is 12.4. The fourth-order valence-electron chi connectivity index (χ4n) is 9.43. The van der Waals surface area contributed by atoms with Crippen LogP contribution in [0.25, 0.3) is 27.5 Å². The topological polar surface area (TPSA) is 11.4 Å². The molecule has 1 aliphatic rings. The van der Waals surface area contributed by atoms with Crippen molar-refractivity contribution in [3.05, 3.63) is 237 Å². The smallest absolute Gasteiger partial charge is 0.179 e. The summed E-state index contributed by atoms with van der Waals surface area (Å²) in [4.78, 5) is 4.91. The second-order valence-electron chi connectivity index (χ2n) is 14.9. The third kappa shape index (κ3) is 5.19. The average molecular weight is 758 g/mol. The van der Waals surface area contributed by atoms with Gasteiger partial charge in [-0.2, -0.15) is 0 Å². The molecular formula is C54H39N3Si. The molecule has 3 nitrogen and oxygen atoms in total. The molecule has 0 saturated heterocycles. The van der Waals surface area contributed by atoms with E-state index in [1.54, 1.807) is 0 Å². The minimum Gasteiger partial charge on any atom is -0.306 e. The summed E-state index contributed by atoms with van der Waals surface area (Å²) in [6.45, 7) is 0. The molecule has 0 fully saturated rings. The van der Waals surface area contributed by atoms with E-state index in [-0.39, 0.29) is 0 Å². The molecule has 4 heteroatoms. The number of hydrogen-bond donors (Lipinski definition) is 0. The highest BCUT2D eigenvalue weighted by atomic mass is 28.3. The first kappa shape index (κ1) is 33.9. The van der Waals surface area contributed by atoms with Gasteiger partial charge in [-0.25, -0.2) is 0 Å². The van der Waals surface area contributed by atoms with Crippen molar-refractivity contribution in [3.63, 3.8) is 0 Å². The Hall–Kier alpha value is -7.40. The molecule has 9 aromatic carbocycles. The van der Waals surface area contributed by atoms with Crippen molar-refractivity contribution in [3.8, 4) is 5.69 Å². The molecule has 11 rings (SSSR count). The summed E-state index contributed by atoms with van der Waals surface area (Å²) < 4.78 is 2.48. The molecule has 0 aliphatic carbocycles. The highest BCUT2D eigenvalue weighted by Gasteiger charge is 2.41. The van der Waals surface area contributed by atoms with Gasteiger partial charge >= 0.3 is 0 Å². The van der Waals surface area contributed by atoms with Crippen LogP contribution in [-0.2, 0) is 0 Å². The molecule has 0 N–H and O–H groups in total. The maximum Gasteiger partial charge on any atom is 0.179 e. The van der Waals surface area contributed by atoms with Gasteiger partial charge in [-0.3, -0.25) is 0 Å². The zero-order valence-corrected chi connectivity index (χ0v) is 32.9. The van der Waals surface area contributed by atoms with Crippen LogP contribution in [0.4, 0.5) is 34.1 Å². The van der Waals surface area contributed by atoms with Gasteiger partial charge < -0.3 is 14.4 Å². The molecule has 0 amide bonds. The summed E-state index contributed by atoms with van der Waals surface area (Å²) in [5, 5.41) is 7.87. The first-order valence-corrected chi connectivity index (χ1v) is 22.0. The van der Waals surface area contributed by atoms with Crippen molar-refractivity contribution in [2.24, 2.45) is 0 Å². The van der Waals surface area contributed by atoms with Crippen molar-refractivity contribution in [2.45, 2.75) is 0 Å². The Bertz CT molecular complexity index is 2960. The van der Waals surface area contributed by atoms with Crippen molar-refractivity contribution in [1.82, 2.24) is 4.57 Å². The molecular weight excluding hydrogens is 719 g/mol. The Morgan fingerprint density at radius 2 is 0.638 bits per heavy atom. The predicted octanol–water partition coefficient (Wildman–Crippen LogP) is 11.4. The van der Waals surface area contributed by atoms with Gasteiger partial charge in [-0.1, -0.05) is 176 Å². The summed E-state index contributed by atoms with van der Waals surface area (Å²) in [5.74, 6) is 0. The van der Waals surface area contributed by atoms with E-state index in [2.05, 4.69) is 251 Å². The number of aromatic nitrogens is 1. The summed E-state index contributed by atoms with van der Waals surface area (Å²) in [5.41, 5.74) is 10.1. The summed E-state index contributed by atoms with van der Waals surface area (Å²) >= 11 is 0. The number of anilines is 6. The maximum absolute atomic E-state index is 2.72. The van der Waals surface area contributed by atoms with Crippen LogP contribution in [0.5, 0.6) is 0 Å². The Morgan fingerprint density at radius 1 is 0.259 bits per heavy atom. The van der Waals surface area contributed by atoms with Gasteiger partial charge in [0.2, 0.25) is 0 Å². The Kier molecular flexibility index (Phi) is 8.16. The van der Waals surface area contributed by atoms with Crippen LogP contribution < -0.4 is 30.5 Å². The molecule has 58 heavy (non-hydrogen) atoms. The molecule has 0 radical (unpaired) electrons. The standard InChI is InChI=1S/C54H39N3Si/c1-5-20-40(21-6-1)56-50-32-16-15-31-49(50)55(51-33-17-18-34-52(51)57-48-30-14-13-28-46(48)47-29-19-35-53(56)54(47)57)41-36-38-45(39-37-41)58(42-22-7-2-8-23-42,43-24-9-3-10-25-43)44-26-11-4-12-27-44/h1-39H. The van der Waals surface area contributed by atoms with Crippen molar-refractivity contribution in [2.75, 3.05) is 9.80 Å². The fourth-order valence-corrected chi connectivity index (χ4v) is 14.2. The van der Waals surface area contributed by atoms with Crippen LogP contribution in [0.15, 0.2) is 237 Å². The molecule has 0 atom stereocenters. The van der Waals surface area contributed by atoms with Crippen LogP contribution in [0.2, 0.25) is 0 Å². The summed E-state index contributed by atoms with van der Waals surface area (Å²) in [6, 6.07) is 87.1. The Labute approximate surface area is 340 Å². The zero-order valence-electron chi connectivity index (χ0n) is 31.9. The predicted molar refractivity (Wildman–Crippen MR) is 247 cm³/mol. The molecule has 274 valence electrons. The van der Waals surface area contributed by atoms with E-state index in [1.165, 1.54) is 42.6 Å². The molecule has 0 bridgehead atoms. The molecule has 1 aromatic heterocycles. The van der Waals surface area contributed by atoms with E-state index < -0.39 is 8.07 Å². The number of hydrogen-bond acceptors (Lipinski definition) is 2. The molecule has 0 unspecified atom stereocenters. The number of benzene rings is 9. The third-order valence-electron chi connectivity index (χ3n) is 11.8.